The van der Waals surface area contributed by atoms with Gasteiger partial charge in [-0.15, -0.1) is 0 Å². The molecule has 1 aliphatic rings. The van der Waals surface area contributed by atoms with Crippen molar-refractivity contribution in [3.05, 3.63) is 0 Å². The van der Waals surface area contributed by atoms with Crippen molar-refractivity contribution in [1.82, 2.24) is 10.2 Å². The van der Waals surface area contributed by atoms with Gasteiger partial charge in [-0.05, 0) is 39.4 Å². The van der Waals surface area contributed by atoms with E-state index >= 15 is 0 Å². The molecule has 1 N–H and O–H groups in total. The lowest BCUT2D eigenvalue weighted by molar-refractivity contribution is 0.387. The SMILES string of the molecule is CN(C)CCNCC1CCCC1. The van der Waals surface area contributed by atoms with Crippen molar-refractivity contribution in [3.8, 4) is 0 Å². The summed E-state index contributed by atoms with van der Waals surface area (Å²) < 4.78 is 0. The van der Waals surface area contributed by atoms with Crippen molar-refractivity contribution >= 4 is 0 Å². The second kappa shape index (κ2) is 5.55. The van der Waals surface area contributed by atoms with Crippen molar-refractivity contribution in [3.63, 3.8) is 0 Å². The molecule has 0 amide bonds. The average molecular weight is 170 g/mol. The van der Waals surface area contributed by atoms with Crippen LogP contribution in [-0.2, 0) is 0 Å². The quantitative estimate of drug-likeness (QED) is 0.626. The third-order valence-corrected chi connectivity index (χ3v) is 2.64. The molecule has 0 aromatic carbocycles. The van der Waals surface area contributed by atoms with Gasteiger partial charge in [-0.25, -0.2) is 0 Å². The number of nitrogens with one attached hydrogen (secondary N) is 1. The fourth-order valence-electron chi connectivity index (χ4n) is 1.82. The summed E-state index contributed by atoms with van der Waals surface area (Å²) in [6.07, 6.45) is 5.82. The van der Waals surface area contributed by atoms with Crippen LogP contribution >= 0.6 is 0 Å². The highest BCUT2D eigenvalue weighted by Crippen LogP contribution is 2.23. The van der Waals surface area contributed by atoms with Crippen LogP contribution in [0, 0.1) is 5.92 Å². The number of rotatable bonds is 5. The molecule has 0 aliphatic heterocycles. The molecule has 0 radical (unpaired) electrons. The minimum absolute atomic E-state index is 0.979. The van der Waals surface area contributed by atoms with Crippen LogP contribution < -0.4 is 5.32 Å². The molecule has 1 rings (SSSR count). The largest absolute Gasteiger partial charge is 0.315 e. The van der Waals surface area contributed by atoms with Gasteiger partial charge in [0.15, 0.2) is 0 Å². The van der Waals surface area contributed by atoms with Crippen LogP contribution in [0.5, 0.6) is 0 Å². The van der Waals surface area contributed by atoms with E-state index in [1.54, 1.807) is 0 Å². The molecule has 0 unspecified atom stereocenters. The Kier molecular flexibility index (Phi) is 4.62. The summed E-state index contributed by atoms with van der Waals surface area (Å²) in [6, 6.07) is 0. The van der Waals surface area contributed by atoms with Gasteiger partial charge >= 0.3 is 0 Å². The molecule has 1 fully saturated rings. The van der Waals surface area contributed by atoms with E-state index in [1.165, 1.54) is 32.2 Å². The monoisotopic (exact) mass is 170 g/mol. The van der Waals surface area contributed by atoms with Gasteiger partial charge in [0.1, 0.15) is 0 Å². The average Bonchev–Trinajstić information content (AvgIpc) is 2.49. The van der Waals surface area contributed by atoms with E-state index in [0.29, 0.717) is 0 Å². The van der Waals surface area contributed by atoms with Gasteiger partial charge in [0.25, 0.3) is 0 Å². The van der Waals surface area contributed by atoms with Crippen LogP contribution in [-0.4, -0.2) is 38.6 Å². The highest BCUT2D eigenvalue weighted by Gasteiger charge is 2.13. The molecule has 0 aromatic heterocycles. The Morgan fingerprint density at radius 3 is 2.50 bits per heavy atom. The van der Waals surface area contributed by atoms with E-state index in [0.717, 1.165) is 19.0 Å². The summed E-state index contributed by atoms with van der Waals surface area (Å²) >= 11 is 0. The third-order valence-electron chi connectivity index (χ3n) is 2.64. The Labute approximate surface area is 76.3 Å². The molecule has 0 spiro atoms. The predicted octanol–water partition coefficient (Wildman–Crippen LogP) is 1.33. The molecule has 0 aromatic rings. The van der Waals surface area contributed by atoms with E-state index in [4.69, 9.17) is 0 Å². The lowest BCUT2D eigenvalue weighted by atomic mass is 10.1. The standard InChI is InChI=1S/C10H22N2/c1-12(2)8-7-11-9-10-5-3-4-6-10/h10-11H,3-9H2,1-2H3. The molecule has 2 heteroatoms. The van der Waals surface area contributed by atoms with Crippen LogP contribution in [0.4, 0.5) is 0 Å². The molecule has 2 nitrogen and oxygen atoms in total. The molecule has 1 aliphatic carbocycles. The molecule has 1 saturated carbocycles. The summed E-state index contributed by atoms with van der Waals surface area (Å²) in [5.41, 5.74) is 0. The van der Waals surface area contributed by atoms with Crippen molar-refractivity contribution < 1.29 is 0 Å². The highest BCUT2D eigenvalue weighted by atomic mass is 15.1. The maximum absolute atomic E-state index is 3.52. The Morgan fingerprint density at radius 2 is 1.92 bits per heavy atom. The van der Waals surface area contributed by atoms with Crippen molar-refractivity contribution in [2.75, 3.05) is 33.7 Å². The first-order chi connectivity index (χ1) is 5.79. The lowest BCUT2D eigenvalue weighted by Gasteiger charge is -2.13. The molecule has 0 saturated heterocycles. The number of nitrogens with zero attached hydrogens (tertiary/aromatic N) is 1. The molecular weight excluding hydrogens is 148 g/mol. The zero-order chi connectivity index (χ0) is 8.81. The summed E-state index contributed by atoms with van der Waals surface area (Å²) in [7, 11) is 4.24. The van der Waals surface area contributed by atoms with Crippen LogP contribution in [0.3, 0.4) is 0 Å². The van der Waals surface area contributed by atoms with E-state index in [-0.39, 0.29) is 0 Å². The second-order valence-corrected chi connectivity index (χ2v) is 4.16. The van der Waals surface area contributed by atoms with E-state index < -0.39 is 0 Å². The summed E-state index contributed by atoms with van der Waals surface area (Å²) in [5.74, 6) is 0.979. The van der Waals surface area contributed by atoms with Gasteiger partial charge in [-0.3, -0.25) is 0 Å². The van der Waals surface area contributed by atoms with Crippen LogP contribution in [0.1, 0.15) is 25.7 Å². The Bertz CT molecular complexity index is 106. The normalized spacial score (nSPS) is 19.2. The van der Waals surface area contributed by atoms with Gasteiger partial charge in [-0.2, -0.15) is 0 Å². The highest BCUT2D eigenvalue weighted by molar-refractivity contribution is 4.69. The van der Waals surface area contributed by atoms with Gasteiger partial charge in [0.2, 0.25) is 0 Å². The summed E-state index contributed by atoms with van der Waals surface area (Å²) in [4.78, 5) is 2.22. The van der Waals surface area contributed by atoms with E-state index in [1.807, 2.05) is 0 Å². The Morgan fingerprint density at radius 1 is 1.25 bits per heavy atom. The first-order valence-electron chi connectivity index (χ1n) is 5.14. The number of hydrogen-bond acceptors (Lipinski definition) is 2. The lowest BCUT2D eigenvalue weighted by Crippen LogP contribution is -2.29. The van der Waals surface area contributed by atoms with Crippen molar-refractivity contribution in [1.29, 1.82) is 0 Å². The fourth-order valence-corrected chi connectivity index (χ4v) is 1.82. The molecule has 0 heterocycles. The molecule has 12 heavy (non-hydrogen) atoms. The Balaban J connectivity index is 1.88. The van der Waals surface area contributed by atoms with Gasteiger partial charge in [0.05, 0.1) is 0 Å². The fraction of sp³-hybridized carbons (Fsp3) is 1.00. The number of hydrogen-bond donors (Lipinski definition) is 1. The molecular formula is C10H22N2. The minimum Gasteiger partial charge on any atom is -0.315 e. The third kappa shape index (κ3) is 4.07. The molecule has 0 atom stereocenters. The van der Waals surface area contributed by atoms with Crippen molar-refractivity contribution in [2.45, 2.75) is 25.7 Å². The van der Waals surface area contributed by atoms with Gasteiger partial charge in [-0.1, -0.05) is 12.8 Å². The summed E-state index contributed by atoms with van der Waals surface area (Å²) in [6.45, 7) is 3.55. The topological polar surface area (TPSA) is 15.3 Å². The molecule has 72 valence electrons. The van der Waals surface area contributed by atoms with E-state index in [9.17, 15) is 0 Å². The van der Waals surface area contributed by atoms with Crippen LogP contribution in [0.15, 0.2) is 0 Å². The van der Waals surface area contributed by atoms with Crippen molar-refractivity contribution in [2.24, 2.45) is 5.92 Å². The van der Waals surface area contributed by atoms with Crippen LogP contribution in [0.2, 0.25) is 0 Å². The number of likely N-dealkylation sites (N-methyl/N-ethyl adjacent to an activating group) is 1. The zero-order valence-corrected chi connectivity index (χ0v) is 8.47. The first-order valence-corrected chi connectivity index (χ1v) is 5.14. The zero-order valence-electron chi connectivity index (χ0n) is 8.47. The first kappa shape index (κ1) is 10.0. The smallest absolute Gasteiger partial charge is 0.0101 e. The maximum atomic E-state index is 3.52. The van der Waals surface area contributed by atoms with Gasteiger partial charge in [0, 0.05) is 13.1 Å². The summed E-state index contributed by atoms with van der Waals surface area (Å²) in [5, 5.41) is 3.52. The van der Waals surface area contributed by atoms with E-state index in [2.05, 4.69) is 24.3 Å². The van der Waals surface area contributed by atoms with Gasteiger partial charge < -0.3 is 10.2 Å². The van der Waals surface area contributed by atoms with Crippen LogP contribution in [0.25, 0.3) is 0 Å². The molecule has 0 bridgehead atoms. The predicted molar refractivity (Wildman–Crippen MR) is 53.4 cm³/mol. The second-order valence-electron chi connectivity index (χ2n) is 4.16. The maximum Gasteiger partial charge on any atom is 0.0101 e. The minimum atomic E-state index is 0.979. The Hall–Kier alpha value is -0.0800.